The molecule has 1 aromatic rings. The largest absolute Gasteiger partial charge is 0.313 e. The van der Waals surface area contributed by atoms with E-state index in [0.29, 0.717) is 6.04 Å². The fraction of sp³-hybridized carbons (Fsp3) is 0.692. The predicted octanol–water partition coefficient (Wildman–Crippen LogP) is 2.68. The molecule has 2 N–H and O–H groups in total. The molecule has 1 aliphatic rings. The SMILES string of the molecule is Cc1cscc1CNCC1CCCCCN1. The second-order valence-corrected chi connectivity index (χ2v) is 5.45. The summed E-state index contributed by atoms with van der Waals surface area (Å²) in [4.78, 5) is 0. The highest BCUT2D eigenvalue weighted by molar-refractivity contribution is 7.08. The molecular weight excluding hydrogens is 216 g/mol. The molecule has 1 unspecified atom stereocenters. The van der Waals surface area contributed by atoms with Crippen molar-refractivity contribution in [2.75, 3.05) is 13.1 Å². The second kappa shape index (κ2) is 6.38. The predicted molar refractivity (Wildman–Crippen MR) is 71.0 cm³/mol. The van der Waals surface area contributed by atoms with Gasteiger partial charge in [-0.05, 0) is 48.2 Å². The summed E-state index contributed by atoms with van der Waals surface area (Å²) in [5.74, 6) is 0. The Kier molecular flexibility index (Phi) is 4.82. The van der Waals surface area contributed by atoms with Gasteiger partial charge in [-0.2, -0.15) is 11.3 Å². The molecule has 16 heavy (non-hydrogen) atoms. The molecule has 1 fully saturated rings. The molecule has 0 spiro atoms. The molecule has 1 atom stereocenters. The van der Waals surface area contributed by atoms with Crippen molar-refractivity contribution in [3.63, 3.8) is 0 Å². The van der Waals surface area contributed by atoms with Crippen LogP contribution in [0.4, 0.5) is 0 Å². The minimum Gasteiger partial charge on any atom is -0.313 e. The zero-order valence-corrected chi connectivity index (χ0v) is 10.9. The van der Waals surface area contributed by atoms with Crippen molar-refractivity contribution in [1.82, 2.24) is 10.6 Å². The third kappa shape index (κ3) is 3.58. The van der Waals surface area contributed by atoms with E-state index in [1.54, 1.807) is 11.3 Å². The van der Waals surface area contributed by atoms with Gasteiger partial charge in [0, 0.05) is 19.1 Å². The maximum Gasteiger partial charge on any atom is 0.0217 e. The van der Waals surface area contributed by atoms with Gasteiger partial charge in [0.2, 0.25) is 0 Å². The minimum absolute atomic E-state index is 0.682. The molecule has 3 heteroatoms. The standard InChI is InChI=1S/C13H22N2S/c1-11-9-16-10-12(11)7-14-8-13-5-3-2-4-6-15-13/h9-10,13-15H,2-8H2,1H3. The summed E-state index contributed by atoms with van der Waals surface area (Å²) in [5, 5.41) is 11.7. The molecule has 2 rings (SSSR count). The number of hydrogen-bond donors (Lipinski definition) is 2. The summed E-state index contributed by atoms with van der Waals surface area (Å²) >= 11 is 1.80. The Morgan fingerprint density at radius 2 is 2.31 bits per heavy atom. The third-order valence-electron chi connectivity index (χ3n) is 3.33. The first-order valence-corrected chi connectivity index (χ1v) is 7.26. The molecule has 0 saturated carbocycles. The summed E-state index contributed by atoms with van der Waals surface area (Å²) in [7, 11) is 0. The summed E-state index contributed by atoms with van der Waals surface area (Å²) in [6.07, 6.45) is 5.46. The van der Waals surface area contributed by atoms with Crippen LogP contribution in [-0.2, 0) is 6.54 Å². The third-order valence-corrected chi connectivity index (χ3v) is 4.24. The van der Waals surface area contributed by atoms with E-state index in [2.05, 4.69) is 28.3 Å². The first-order chi connectivity index (χ1) is 7.86. The average Bonchev–Trinajstić information content (AvgIpc) is 2.55. The zero-order valence-electron chi connectivity index (χ0n) is 10.1. The Morgan fingerprint density at radius 3 is 3.12 bits per heavy atom. The summed E-state index contributed by atoms with van der Waals surface area (Å²) < 4.78 is 0. The number of aryl methyl sites for hydroxylation is 1. The van der Waals surface area contributed by atoms with Gasteiger partial charge in [0.15, 0.2) is 0 Å². The molecule has 0 radical (unpaired) electrons. The maximum absolute atomic E-state index is 3.62. The highest BCUT2D eigenvalue weighted by atomic mass is 32.1. The van der Waals surface area contributed by atoms with Crippen LogP contribution in [0.5, 0.6) is 0 Å². The van der Waals surface area contributed by atoms with Crippen LogP contribution >= 0.6 is 11.3 Å². The van der Waals surface area contributed by atoms with E-state index >= 15 is 0 Å². The van der Waals surface area contributed by atoms with E-state index < -0.39 is 0 Å². The highest BCUT2D eigenvalue weighted by Crippen LogP contribution is 2.13. The van der Waals surface area contributed by atoms with Crippen LogP contribution in [0.1, 0.15) is 36.8 Å². The number of hydrogen-bond acceptors (Lipinski definition) is 3. The van der Waals surface area contributed by atoms with E-state index in [9.17, 15) is 0 Å². The first-order valence-electron chi connectivity index (χ1n) is 6.32. The topological polar surface area (TPSA) is 24.1 Å². The molecular formula is C13H22N2S. The average molecular weight is 238 g/mol. The number of nitrogens with one attached hydrogen (secondary N) is 2. The smallest absolute Gasteiger partial charge is 0.0217 e. The molecule has 1 aromatic heterocycles. The van der Waals surface area contributed by atoms with Gasteiger partial charge in [-0.25, -0.2) is 0 Å². The van der Waals surface area contributed by atoms with Gasteiger partial charge in [0.05, 0.1) is 0 Å². The lowest BCUT2D eigenvalue weighted by Crippen LogP contribution is -2.37. The van der Waals surface area contributed by atoms with Crippen LogP contribution in [0.15, 0.2) is 10.8 Å². The zero-order chi connectivity index (χ0) is 11.2. The minimum atomic E-state index is 0.682. The Labute approximate surface area is 102 Å². The van der Waals surface area contributed by atoms with Crippen LogP contribution in [0.2, 0.25) is 0 Å². The quantitative estimate of drug-likeness (QED) is 0.843. The Morgan fingerprint density at radius 1 is 1.38 bits per heavy atom. The molecule has 90 valence electrons. The fourth-order valence-corrected chi connectivity index (χ4v) is 3.08. The molecule has 1 saturated heterocycles. The van der Waals surface area contributed by atoms with Gasteiger partial charge in [-0.15, -0.1) is 0 Å². The molecule has 0 aliphatic carbocycles. The Balaban J connectivity index is 1.69. The monoisotopic (exact) mass is 238 g/mol. The number of thiophene rings is 1. The van der Waals surface area contributed by atoms with Crippen LogP contribution in [-0.4, -0.2) is 19.1 Å². The number of rotatable bonds is 4. The summed E-state index contributed by atoms with van der Waals surface area (Å²) in [6.45, 7) is 5.52. The summed E-state index contributed by atoms with van der Waals surface area (Å²) in [5.41, 5.74) is 2.88. The van der Waals surface area contributed by atoms with E-state index in [0.717, 1.165) is 13.1 Å². The molecule has 0 aromatic carbocycles. The van der Waals surface area contributed by atoms with E-state index in [4.69, 9.17) is 0 Å². The first kappa shape index (κ1) is 12.1. The van der Waals surface area contributed by atoms with Crippen LogP contribution < -0.4 is 10.6 Å². The van der Waals surface area contributed by atoms with Crippen molar-refractivity contribution < 1.29 is 0 Å². The van der Waals surface area contributed by atoms with Crippen molar-refractivity contribution in [1.29, 1.82) is 0 Å². The molecule has 0 amide bonds. The van der Waals surface area contributed by atoms with Gasteiger partial charge in [0.1, 0.15) is 0 Å². The van der Waals surface area contributed by atoms with Crippen molar-refractivity contribution in [3.8, 4) is 0 Å². The van der Waals surface area contributed by atoms with E-state index in [1.807, 2.05) is 0 Å². The maximum atomic E-state index is 3.62. The Bertz CT molecular complexity index is 301. The second-order valence-electron chi connectivity index (χ2n) is 4.71. The van der Waals surface area contributed by atoms with E-state index in [-0.39, 0.29) is 0 Å². The molecule has 1 aliphatic heterocycles. The van der Waals surface area contributed by atoms with Gasteiger partial charge >= 0.3 is 0 Å². The summed E-state index contributed by atoms with van der Waals surface area (Å²) in [6, 6.07) is 0.682. The lowest BCUT2D eigenvalue weighted by Gasteiger charge is -2.16. The van der Waals surface area contributed by atoms with Gasteiger partial charge in [-0.3, -0.25) is 0 Å². The molecule has 2 nitrogen and oxygen atoms in total. The lowest BCUT2D eigenvalue weighted by atomic mass is 10.1. The molecule has 2 heterocycles. The van der Waals surface area contributed by atoms with Crippen molar-refractivity contribution in [3.05, 3.63) is 21.9 Å². The van der Waals surface area contributed by atoms with Crippen molar-refractivity contribution in [2.45, 2.75) is 45.2 Å². The van der Waals surface area contributed by atoms with Crippen LogP contribution in [0.25, 0.3) is 0 Å². The lowest BCUT2D eigenvalue weighted by molar-refractivity contribution is 0.470. The highest BCUT2D eigenvalue weighted by Gasteiger charge is 2.10. The van der Waals surface area contributed by atoms with Gasteiger partial charge in [-0.1, -0.05) is 12.8 Å². The fourth-order valence-electron chi connectivity index (χ4n) is 2.22. The van der Waals surface area contributed by atoms with Gasteiger partial charge < -0.3 is 10.6 Å². The van der Waals surface area contributed by atoms with Crippen LogP contribution in [0.3, 0.4) is 0 Å². The van der Waals surface area contributed by atoms with Crippen molar-refractivity contribution in [2.24, 2.45) is 0 Å². The Hall–Kier alpha value is -0.380. The van der Waals surface area contributed by atoms with Gasteiger partial charge in [0.25, 0.3) is 0 Å². The normalized spacial score (nSPS) is 21.9. The van der Waals surface area contributed by atoms with E-state index in [1.165, 1.54) is 43.4 Å². The molecule has 0 bridgehead atoms. The van der Waals surface area contributed by atoms with Crippen LogP contribution in [0, 0.1) is 6.92 Å². The van der Waals surface area contributed by atoms with Crippen molar-refractivity contribution >= 4 is 11.3 Å².